The van der Waals surface area contributed by atoms with Gasteiger partial charge in [-0.1, -0.05) is 34.1 Å². The van der Waals surface area contributed by atoms with Gasteiger partial charge in [0.1, 0.15) is 0 Å². The third-order valence-corrected chi connectivity index (χ3v) is 4.64. The Kier molecular flexibility index (Phi) is 6.22. The Morgan fingerprint density at radius 2 is 1.91 bits per heavy atom. The van der Waals surface area contributed by atoms with Gasteiger partial charge in [-0.15, -0.1) is 0 Å². The number of hydrogen-bond donors (Lipinski definition) is 1. The summed E-state index contributed by atoms with van der Waals surface area (Å²) in [6.45, 7) is 8.07. The van der Waals surface area contributed by atoms with Crippen molar-refractivity contribution in [3.05, 3.63) is 57.6 Å². The minimum atomic E-state index is 0.795. The zero-order valence-corrected chi connectivity index (χ0v) is 15.8. The highest BCUT2D eigenvalue weighted by atomic mass is 79.9. The molecule has 1 N–H and O–H groups in total. The highest BCUT2D eigenvalue weighted by molar-refractivity contribution is 9.10. The van der Waals surface area contributed by atoms with Gasteiger partial charge < -0.3 is 10.2 Å². The molecule has 0 spiro atoms. The Balaban J connectivity index is 2.14. The van der Waals surface area contributed by atoms with E-state index in [1.54, 1.807) is 0 Å². The number of halogens is 1. The summed E-state index contributed by atoms with van der Waals surface area (Å²) in [5.74, 6) is 0. The molecule has 0 aliphatic rings. The van der Waals surface area contributed by atoms with Crippen LogP contribution in [0.5, 0.6) is 0 Å². The molecule has 0 fully saturated rings. The van der Waals surface area contributed by atoms with Gasteiger partial charge in [0.2, 0.25) is 0 Å². The first kappa shape index (κ1) is 17.5. The average molecular weight is 374 g/mol. The molecular formula is C19H24BrN3. The van der Waals surface area contributed by atoms with E-state index in [0.717, 1.165) is 28.9 Å². The summed E-state index contributed by atoms with van der Waals surface area (Å²) in [5.41, 5.74) is 5.80. The molecule has 0 aliphatic heterocycles. The number of aliphatic imine (C=N–C) groups is 1. The normalized spacial score (nSPS) is 11.0. The highest BCUT2D eigenvalue weighted by Gasteiger charge is 2.05. The van der Waals surface area contributed by atoms with Crippen molar-refractivity contribution < 1.29 is 0 Å². The Labute approximate surface area is 147 Å². The lowest BCUT2D eigenvalue weighted by Crippen LogP contribution is -2.14. The van der Waals surface area contributed by atoms with E-state index in [4.69, 9.17) is 0 Å². The summed E-state index contributed by atoms with van der Waals surface area (Å²) >= 11 is 3.59. The zero-order chi connectivity index (χ0) is 16.8. The Morgan fingerprint density at radius 3 is 2.61 bits per heavy atom. The van der Waals surface area contributed by atoms with Crippen LogP contribution in [-0.4, -0.2) is 24.8 Å². The van der Waals surface area contributed by atoms with E-state index >= 15 is 0 Å². The molecule has 0 atom stereocenters. The van der Waals surface area contributed by atoms with E-state index in [-0.39, 0.29) is 0 Å². The molecule has 0 saturated heterocycles. The van der Waals surface area contributed by atoms with Crippen LogP contribution in [0.2, 0.25) is 0 Å². The first-order chi connectivity index (χ1) is 11.0. The number of anilines is 1. The molecule has 122 valence electrons. The summed E-state index contributed by atoms with van der Waals surface area (Å²) in [5, 5.41) is 3.52. The standard InChI is InChI=1S/C19H24BrN3/c1-5-23(4)13-22-19-11-14(2)18(10-15(19)3)21-12-16-8-6-7-9-17(16)20/h6-11,13,21H,5,12H2,1-4H3. The van der Waals surface area contributed by atoms with Crippen molar-refractivity contribution in [3.63, 3.8) is 0 Å². The molecule has 0 radical (unpaired) electrons. The van der Waals surface area contributed by atoms with Crippen LogP contribution in [0.4, 0.5) is 11.4 Å². The number of nitrogens with zero attached hydrogens (tertiary/aromatic N) is 2. The van der Waals surface area contributed by atoms with Crippen molar-refractivity contribution in [3.8, 4) is 0 Å². The number of rotatable bonds is 6. The summed E-state index contributed by atoms with van der Waals surface area (Å²) in [7, 11) is 2.03. The van der Waals surface area contributed by atoms with Crippen LogP contribution >= 0.6 is 15.9 Å². The summed E-state index contributed by atoms with van der Waals surface area (Å²) in [6, 6.07) is 12.6. The lowest BCUT2D eigenvalue weighted by atomic mass is 10.1. The van der Waals surface area contributed by atoms with Gasteiger partial charge in [0.15, 0.2) is 0 Å². The molecule has 0 amide bonds. The van der Waals surface area contributed by atoms with Crippen LogP contribution in [0.25, 0.3) is 0 Å². The lowest BCUT2D eigenvalue weighted by molar-refractivity contribution is 0.552. The van der Waals surface area contributed by atoms with Crippen molar-refractivity contribution in [2.24, 2.45) is 4.99 Å². The van der Waals surface area contributed by atoms with Crippen LogP contribution in [0.1, 0.15) is 23.6 Å². The Hall–Kier alpha value is -1.81. The fraction of sp³-hybridized carbons (Fsp3) is 0.316. The lowest BCUT2D eigenvalue weighted by Gasteiger charge is -2.14. The van der Waals surface area contributed by atoms with E-state index in [2.05, 4.69) is 82.2 Å². The van der Waals surface area contributed by atoms with Gasteiger partial charge >= 0.3 is 0 Å². The molecule has 0 unspecified atom stereocenters. The quantitative estimate of drug-likeness (QED) is 0.550. The highest BCUT2D eigenvalue weighted by Crippen LogP contribution is 2.27. The minimum absolute atomic E-state index is 0.795. The second kappa shape index (κ2) is 8.16. The molecule has 0 aromatic heterocycles. The van der Waals surface area contributed by atoms with Gasteiger partial charge in [-0.2, -0.15) is 0 Å². The molecule has 3 nitrogen and oxygen atoms in total. The monoisotopic (exact) mass is 373 g/mol. The van der Waals surface area contributed by atoms with E-state index in [1.165, 1.54) is 16.7 Å². The summed E-state index contributed by atoms with van der Waals surface area (Å²) in [4.78, 5) is 6.64. The third-order valence-electron chi connectivity index (χ3n) is 3.86. The zero-order valence-electron chi connectivity index (χ0n) is 14.2. The number of hydrogen-bond acceptors (Lipinski definition) is 2. The van der Waals surface area contributed by atoms with Crippen LogP contribution in [0.15, 0.2) is 45.9 Å². The van der Waals surface area contributed by atoms with Gasteiger partial charge in [-0.3, -0.25) is 0 Å². The maximum Gasteiger partial charge on any atom is 0.0909 e. The Bertz CT molecular complexity index is 695. The maximum absolute atomic E-state index is 4.58. The fourth-order valence-corrected chi connectivity index (χ4v) is 2.63. The van der Waals surface area contributed by atoms with Gasteiger partial charge in [0.05, 0.1) is 12.0 Å². The summed E-state index contributed by atoms with van der Waals surface area (Å²) in [6.07, 6.45) is 1.88. The first-order valence-corrected chi connectivity index (χ1v) is 8.63. The molecule has 0 aliphatic carbocycles. The van der Waals surface area contributed by atoms with E-state index < -0.39 is 0 Å². The second-order valence-electron chi connectivity index (χ2n) is 5.72. The first-order valence-electron chi connectivity index (χ1n) is 7.84. The average Bonchev–Trinajstić information content (AvgIpc) is 2.54. The second-order valence-corrected chi connectivity index (χ2v) is 6.57. The topological polar surface area (TPSA) is 27.6 Å². The van der Waals surface area contributed by atoms with Gasteiger partial charge in [0, 0.05) is 30.3 Å². The molecule has 2 aromatic rings. The largest absolute Gasteiger partial charge is 0.381 e. The molecular weight excluding hydrogens is 350 g/mol. The molecule has 4 heteroatoms. The molecule has 0 saturated carbocycles. The summed E-state index contributed by atoms with van der Waals surface area (Å²) < 4.78 is 1.13. The van der Waals surface area contributed by atoms with Crippen LogP contribution in [-0.2, 0) is 6.54 Å². The predicted octanol–water partition coefficient (Wildman–Crippen LogP) is 5.29. The van der Waals surface area contributed by atoms with Crippen LogP contribution in [0, 0.1) is 13.8 Å². The predicted molar refractivity (Wildman–Crippen MR) is 104 cm³/mol. The smallest absolute Gasteiger partial charge is 0.0909 e. The molecule has 23 heavy (non-hydrogen) atoms. The molecule has 2 rings (SSSR count). The van der Waals surface area contributed by atoms with Crippen molar-refractivity contribution in [1.29, 1.82) is 0 Å². The van der Waals surface area contributed by atoms with Crippen molar-refractivity contribution in [2.75, 3.05) is 18.9 Å². The van der Waals surface area contributed by atoms with Crippen molar-refractivity contribution >= 4 is 33.6 Å². The van der Waals surface area contributed by atoms with Gasteiger partial charge in [-0.25, -0.2) is 4.99 Å². The van der Waals surface area contributed by atoms with E-state index in [0.29, 0.717) is 0 Å². The maximum atomic E-state index is 4.58. The van der Waals surface area contributed by atoms with Crippen LogP contribution < -0.4 is 5.32 Å². The molecule has 0 heterocycles. The van der Waals surface area contributed by atoms with Crippen molar-refractivity contribution in [2.45, 2.75) is 27.3 Å². The SMILES string of the molecule is CCN(C)C=Nc1cc(C)c(NCc2ccccc2Br)cc1C. The van der Waals surface area contributed by atoms with Gasteiger partial charge in [0.25, 0.3) is 0 Å². The number of nitrogens with one attached hydrogen (secondary N) is 1. The number of benzene rings is 2. The van der Waals surface area contributed by atoms with Gasteiger partial charge in [-0.05, 0) is 55.7 Å². The molecule has 0 bridgehead atoms. The third kappa shape index (κ3) is 4.83. The molecule has 2 aromatic carbocycles. The van der Waals surface area contributed by atoms with E-state index in [9.17, 15) is 0 Å². The van der Waals surface area contributed by atoms with Crippen LogP contribution in [0.3, 0.4) is 0 Å². The van der Waals surface area contributed by atoms with E-state index in [1.807, 2.05) is 19.5 Å². The van der Waals surface area contributed by atoms with Crippen molar-refractivity contribution in [1.82, 2.24) is 4.90 Å². The number of aryl methyl sites for hydroxylation is 2. The Morgan fingerprint density at radius 1 is 1.17 bits per heavy atom. The minimum Gasteiger partial charge on any atom is -0.381 e. The fourth-order valence-electron chi connectivity index (χ4n) is 2.21.